The number of rotatable bonds is 2. The van der Waals surface area contributed by atoms with Gasteiger partial charge in [-0.1, -0.05) is 0 Å². The van der Waals surface area contributed by atoms with Gasteiger partial charge in [0.15, 0.2) is 57.1 Å². The van der Waals surface area contributed by atoms with Crippen molar-refractivity contribution in [1.29, 1.82) is 0 Å². The molecular weight excluding hydrogens is 810 g/mol. The molecule has 314 valence electrons. The number of imidazole rings is 5. The third kappa shape index (κ3) is 8.57. The van der Waals surface area contributed by atoms with E-state index in [0.29, 0.717) is 50.5 Å². The van der Waals surface area contributed by atoms with Gasteiger partial charge in [-0.05, 0) is 0 Å². The molecule has 17 N–H and O–H groups in total. The fourth-order valence-corrected chi connectivity index (χ4v) is 5.45. The Balaban J connectivity index is 0.000000118. The Hall–Kier alpha value is -8.81. The summed E-state index contributed by atoms with van der Waals surface area (Å²) >= 11 is 0. The molecule has 4 atom stereocenters. The molecule has 1 aliphatic heterocycles. The van der Waals surface area contributed by atoms with Gasteiger partial charge in [0.2, 0.25) is 5.95 Å². The highest BCUT2D eigenvalue weighted by Crippen LogP contribution is 2.31. The van der Waals surface area contributed by atoms with Crippen LogP contribution in [0.1, 0.15) is 6.23 Å². The van der Waals surface area contributed by atoms with Gasteiger partial charge in [0.05, 0.1) is 44.6 Å². The largest absolute Gasteiger partial charge is 0.394 e. The van der Waals surface area contributed by atoms with Crippen molar-refractivity contribution in [3.8, 4) is 0 Å². The van der Waals surface area contributed by atoms with Gasteiger partial charge in [0.25, 0.3) is 16.7 Å². The lowest BCUT2D eigenvalue weighted by molar-refractivity contribution is -0.0511. The fraction of sp³-hybridized carbons (Fsp3) is 0.167. The number of ether oxygens (including phenoxy) is 1. The van der Waals surface area contributed by atoms with Crippen LogP contribution in [0.15, 0.2) is 69.8 Å². The summed E-state index contributed by atoms with van der Waals surface area (Å²) in [6.07, 6.45) is 7.00. The maximum absolute atomic E-state index is 11.0. The Morgan fingerprint density at radius 3 is 1.89 bits per heavy atom. The zero-order valence-electron chi connectivity index (χ0n) is 30.6. The van der Waals surface area contributed by atoms with Gasteiger partial charge in [-0.3, -0.25) is 33.9 Å². The van der Waals surface area contributed by atoms with Gasteiger partial charge < -0.3 is 62.2 Å². The van der Waals surface area contributed by atoms with Gasteiger partial charge in [-0.2, -0.15) is 4.98 Å². The van der Waals surface area contributed by atoms with Crippen molar-refractivity contribution >= 4 is 73.4 Å². The molecule has 61 heavy (non-hydrogen) atoms. The number of fused-ring (bicyclic) bond motifs is 5. The molecule has 0 radical (unpaired) electrons. The number of aliphatic hydroxyl groups is 3. The molecule has 0 unspecified atom stereocenters. The van der Waals surface area contributed by atoms with Gasteiger partial charge >= 0.3 is 5.69 Å². The maximum atomic E-state index is 11.0. The quantitative estimate of drug-likeness (QED) is 0.0784. The van der Waals surface area contributed by atoms with Crippen molar-refractivity contribution in [2.45, 2.75) is 24.5 Å². The highest BCUT2D eigenvalue weighted by atomic mass is 16.6. The lowest BCUT2D eigenvalue weighted by atomic mass is 10.1. The second kappa shape index (κ2) is 17.4. The molecule has 0 saturated carbocycles. The number of aromatic amines is 8. The second-order valence-electron chi connectivity index (χ2n) is 12.1. The monoisotopic (exact) mass is 841 g/mol. The van der Waals surface area contributed by atoms with Crippen LogP contribution in [0.4, 0.5) is 17.6 Å². The average molecular weight is 842 g/mol. The Bertz CT molecular complexity index is 3300. The first-order valence-corrected chi connectivity index (χ1v) is 17.1. The van der Waals surface area contributed by atoms with Gasteiger partial charge in [0, 0.05) is 0 Å². The predicted octanol–water partition coefficient (Wildman–Crippen LogP) is -4.23. The molecule has 0 amide bonds. The Labute approximate surface area is 333 Å². The number of H-pyrrole nitrogens is 8. The third-order valence-electron chi connectivity index (χ3n) is 8.30. The number of hydrogen-bond acceptors (Lipinski definition) is 22. The van der Waals surface area contributed by atoms with Gasteiger partial charge in [-0.25, -0.2) is 54.6 Å². The normalized spacial score (nSPS) is 16.9. The summed E-state index contributed by atoms with van der Waals surface area (Å²) in [5.41, 5.74) is 19.1. The summed E-state index contributed by atoms with van der Waals surface area (Å²) in [4.78, 5) is 106. The lowest BCUT2D eigenvalue weighted by Crippen LogP contribution is -2.33. The summed E-state index contributed by atoms with van der Waals surface area (Å²) in [5.74, 6) is 0.729. The van der Waals surface area contributed by atoms with Crippen molar-refractivity contribution < 1.29 is 20.1 Å². The molecule has 10 aromatic heterocycles. The minimum absolute atomic E-state index is 0.0783. The van der Waals surface area contributed by atoms with E-state index in [1.54, 1.807) is 0 Å². The van der Waals surface area contributed by atoms with Crippen LogP contribution >= 0.6 is 0 Å². The number of nitrogens with zero attached hydrogens (tertiary/aromatic N) is 12. The molecule has 0 aromatic carbocycles. The van der Waals surface area contributed by atoms with Gasteiger partial charge in [0.1, 0.15) is 47.5 Å². The Morgan fingerprint density at radius 2 is 1.20 bits per heavy atom. The molecule has 0 spiro atoms. The third-order valence-corrected chi connectivity index (χ3v) is 8.30. The van der Waals surface area contributed by atoms with E-state index in [2.05, 4.69) is 94.7 Å². The van der Waals surface area contributed by atoms with Crippen molar-refractivity contribution in [3.63, 3.8) is 0 Å². The van der Waals surface area contributed by atoms with E-state index < -0.39 is 42.4 Å². The number of nitrogens with one attached hydrogen (secondary N) is 8. The average Bonchev–Trinajstić information content (AvgIpc) is 4.10. The zero-order valence-corrected chi connectivity index (χ0v) is 30.6. The molecule has 11 rings (SSSR count). The van der Waals surface area contributed by atoms with Crippen LogP contribution in [0.5, 0.6) is 0 Å². The van der Waals surface area contributed by atoms with E-state index in [0.717, 1.165) is 0 Å². The summed E-state index contributed by atoms with van der Waals surface area (Å²) in [6.45, 7) is -0.390. The minimum Gasteiger partial charge on any atom is -0.394 e. The number of hydrogen-bond donors (Lipinski definition) is 14. The summed E-state index contributed by atoms with van der Waals surface area (Å²) in [7, 11) is 0. The van der Waals surface area contributed by atoms with E-state index in [1.807, 2.05) is 0 Å². The first-order chi connectivity index (χ1) is 29.4. The summed E-state index contributed by atoms with van der Waals surface area (Å²) in [6, 6.07) is 0. The van der Waals surface area contributed by atoms with Crippen LogP contribution in [0.25, 0.3) is 55.8 Å². The van der Waals surface area contributed by atoms with E-state index in [1.165, 1.54) is 55.2 Å². The van der Waals surface area contributed by atoms with E-state index in [4.69, 9.17) is 27.0 Å². The molecule has 11 heterocycles. The Morgan fingerprint density at radius 1 is 0.607 bits per heavy atom. The highest BCUT2D eigenvalue weighted by Gasteiger charge is 2.44. The molecule has 10 aromatic rings. The van der Waals surface area contributed by atoms with Crippen molar-refractivity contribution in [1.82, 2.24) is 99.3 Å². The van der Waals surface area contributed by atoms with Crippen LogP contribution in [-0.2, 0) is 4.74 Å². The zero-order chi connectivity index (χ0) is 43.2. The second-order valence-corrected chi connectivity index (χ2v) is 12.1. The molecule has 31 nitrogen and oxygen atoms in total. The van der Waals surface area contributed by atoms with E-state index in [9.17, 15) is 29.4 Å². The molecular formula is C30H31N23O8. The smallest absolute Gasteiger partial charge is 0.327 e. The van der Waals surface area contributed by atoms with E-state index >= 15 is 0 Å². The van der Waals surface area contributed by atoms with Crippen LogP contribution in [0.3, 0.4) is 0 Å². The number of aliphatic hydroxyl groups excluding tert-OH is 3. The number of nitrogen functional groups attached to an aromatic ring is 3. The minimum atomic E-state index is -1.19. The maximum Gasteiger partial charge on any atom is 0.327 e. The number of anilines is 3. The van der Waals surface area contributed by atoms with Crippen molar-refractivity contribution in [2.24, 2.45) is 0 Å². The number of aromatic nitrogens is 20. The summed E-state index contributed by atoms with van der Waals surface area (Å²) in [5, 5.41) is 28.7. The van der Waals surface area contributed by atoms with Crippen molar-refractivity contribution in [2.75, 3.05) is 23.8 Å². The van der Waals surface area contributed by atoms with Crippen LogP contribution in [-0.4, -0.2) is 140 Å². The van der Waals surface area contributed by atoms with Crippen LogP contribution in [0.2, 0.25) is 0 Å². The molecule has 31 heteroatoms. The molecule has 1 saturated heterocycles. The fourth-order valence-electron chi connectivity index (χ4n) is 5.45. The number of nitrogens with two attached hydrogens (primary N) is 3. The standard InChI is InChI=1S/C10H13N5O4.C5H5N5O.C5H5N5.C5H4N4O2.C5H4N4O/c11-8-5-9(13-2-12-8)15(3-14-5)10-7(18)6(17)4(1-16)19-10;6-5-9-3-2(4(11)10-5)7-1-8-3;6-4-3-5(9-1-7-3)10-2-8-4;10-4-2-3(7-1-6-2)8-5(11)9-4;10-5-3-4(7-1-6-3)8-2-9-5/h2-4,6-7,10,16-18H,1H2,(H2,11,12,13);1H,(H4,6,7,8,9,10,11);1-2H,(H3,6,7,8,9,10);1H,(H3,6,7,8,9,10,11);1-2H,(H2,6,7,8,9,10)/t4-,6-,7-,10-;;;;/m1..../s1. The SMILES string of the molecule is Nc1nc2nc[nH]c2c(=O)[nH]1.Nc1ncnc2c1ncn2[C@@H]1O[C@H](CO)[C@@H](O)[C@H]1O.Nc1ncnc2nc[nH]c12.O=c1[nH]c(=O)c2[nH]cnc2[nH]1.O=c1[nH]cnc2nc[nH]c12. The first kappa shape index (κ1) is 40.4. The molecule has 1 aliphatic rings. The van der Waals surface area contributed by atoms with Crippen LogP contribution in [0, 0.1) is 0 Å². The van der Waals surface area contributed by atoms with E-state index in [-0.39, 0.29) is 34.0 Å². The summed E-state index contributed by atoms with van der Waals surface area (Å²) < 4.78 is 6.85. The first-order valence-electron chi connectivity index (χ1n) is 17.1. The predicted molar refractivity (Wildman–Crippen MR) is 210 cm³/mol. The molecule has 1 fully saturated rings. The molecule has 0 aliphatic carbocycles. The topological polar surface area (TPSA) is 489 Å². The van der Waals surface area contributed by atoms with Crippen LogP contribution < -0.4 is 39.6 Å². The highest BCUT2D eigenvalue weighted by molar-refractivity contribution is 5.81. The lowest BCUT2D eigenvalue weighted by Gasteiger charge is -2.16. The van der Waals surface area contributed by atoms with Gasteiger partial charge in [-0.15, -0.1) is 0 Å². The Kier molecular flexibility index (Phi) is 11.5. The van der Waals surface area contributed by atoms with Crippen molar-refractivity contribution in [3.05, 3.63) is 92.2 Å². The molecule has 0 bridgehead atoms.